The number of amides is 1. The Kier molecular flexibility index (Phi) is 3.33. The van der Waals surface area contributed by atoms with E-state index in [1.165, 1.54) is 0 Å². The third kappa shape index (κ3) is 2.34. The van der Waals surface area contributed by atoms with E-state index in [0.29, 0.717) is 23.6 Å². The van der Waals surface area contributed by atoms with Crippen LogP contribution in [-0.4, -0.2) is 43.6 Å². The molecule has 0 fully saturated rings. The summed E-state index contributed by atoms with van der Waals surface area (Å²) in [7, 11) is 3.76. The summed E-state index contributed by atoms with van der Waals surface area (Å²) < 4.78 is 3.60. The van der Waals surface area contributed by atoms with Crippen molar-refractivity contribution in [1.29, 1.82) is 0 Å². The average molecular weight is 326 g/mol. The molecule has 124 valence electrons. The van der Waals surface area contributed by atoms with Crippen LogP contribution in [0.25, 0.3) is 5.65 Å². The summed E-state index contributed by atoms with van der Waals surface area (Å²) in [5, 5.41) is 13.5. The highest BCUT2D eigenvalue weighted by Crippen LogP contribution is 2.22. The van der Waals surface area contributed by atoms with Crippen LogP contribution in [0.5, 0.6) is 0 Å². The van der Waals surface area contributed by atoms with Gasteiger partial charge >= 0.3 is 0 Å². The van der Waals surface area contributed by atoms with Crippen LogP contribution in [-0.2, 0) is 13.5 Å². The van der Waals surface area contributed by atoms with Gasteiger partial charge < -0.3 is 20.5 Å². The monoisotopic (exact) mass is 326 g/mol. The standard InChI is InChI=1S/C15H18N8O/c1-16-13-6-10-19-11-8-22(2)12(20-11)4-3-5-17-15(24)9-7-18-23(13)14(9)21-10/h6-8,16H,3-5H2,1-2H3,(H,17,24)(H,19,21). The first-order chi connectivity index (χ1) is 11.7. The molecule has 0 spiro atoms. The fourth-order valence-corrected chi connectivity index (χ4v) is 2.84. The minimum absolute atomic E-state index is 0.171. The van der Waals surface area contributed by atoms with Gasteiger partial charge in [0.1, 0.15) is 28.8 Å². The highest BCUT2D eigenvalue weighted by Gasteiger charge is 2.18. The zero-order valence-corrected chi connectivity index (χ0v) is 13.5. The van der Waals surface area contributed by atoms with E-state index in [2.05, 4.69) is 31.0 Å². The number of aromatic nitrogens is 5. The Morgan fingerprint density at radius 2 is 2.17 bits per heavy atom. The molecular formula is C15H18N8O. The zero-order chi connectivity index (χ0) is 16.7. The normalized spacial score (nSPS) is 14.5. The first-order valence-corrected chi connectivity index (χ1v) is 7.79. The summed E-state index contributed by atoms with van der Waals surface area (Å²) in [4.78, 5) is 21.6. The van der Waals surface area contributed by atoms with Gasteiger partial charge in [0.2, 0.25) is 0 Å². The van der Waals surface area contributed by atoms with Gasteiger partial charge in [-0.15, -0.1) is 0 Å². The smallest absolute Gasteiger partial charge is 0.256 e. The quantitative estimate of drug-likeness (QED) is 0.615. The Morgan fingerprint density at radius 1 is 1.29 bits per heavy atom. The number of hydrogen-bond acceptors (Lipinski definition) is 6. The van der Waals surface area contributed by atoms with Crippen LogP contribution in [0.15, 0.2) is 18.5 Å². The molecule has 24 heavy (non-hydrogen) atoms. The van der Waals surface area contributed by atoms with Gasteiger partial charge in [-0.05, 0) is 6.42 Å². The molecule has 0 atom stereocenters. The lowest BCUT2D eigenvalue weighted by atomic mass is 10.2. The number of carbonyl (C=O) groups is 1. The van der Waals surface area contributed by atoms with Gasteiger partial charge in [0.25, 0.3) is 5.91 Å². The van der Waals surface area contributed by atoms with Gasteiger partial charge in [0.05, 0.1) is 6.20 Å². The minimum atomic E-state index is -0.171. The van der Waals surface area contributed by atoms with Crippen molar-refractivity contribution in [3.63, 3.8) is 0 Å². The van der Waals surface area contributed by atoms with E-state index in [4.69, 9.17) is 0 Å². The summed E-state index contributed by atoms with van der Waals surface area (Å²) in [5.41, 5.74) is 0.951. The Balaban J connectivity index is 1.88. The maximum atomic E-state index is 12.4. The van der Waals surface area contributed by atoms with E-state index in [1.807, 2.05) is 23.9 Å². The van der Waals surface area contributed by atoms with Gasteiger partial charge in [-0.3, -0.25) is 4.79 Å². The average Bonchev–Trinajstić information content (AvgIpc) is 3.13. The largest absolute Gasteiger partial charge is 0.373 e. The van der Waals surface area contributed by atoms with Gasteiger partial charge in [-0.2, -0.15) is 9.61 Å². The molecule has 1 aliphatic heterocycles. The van der Waals surface area contributed by atoms with Gasteiger partial charge in [0.15, 0.2) is 5.65 Å². The second-order valence-electron chi connectivity index (χ2n) is 5.71. The molecule has 1 amide bonds. The summed E-state index contributed by atoms with van der Waals surface area (Å²) in [6.07, 6.45) is 5.07. The number of anilines is 3. The lowest BCUT2D eigenvalue weighted by Gasteiger charge is -2.09. The number of nitrogens with zero attached hydrogens (tertiary/aromatic N) is 5. The number of imidazole rings is 1. The predicted molar refractivity (Wildman–Crippen MR) is 89.7 cm³/mol. The Bertz CT molecular complexity index is 925. The summed E-state index contributed by atoms with van der Waals surface area (Å²) >= 11 is 0. The molecular weight excluding hydrogens is 308 g/mol. The number of nitrogens with one attached hydrogen (secondary N) is 3. The molecule has 3 aromatic heterocycles. The third-order valence-corrected chi connectivity index (χ3v) is 4.06. The van der Waals surface area contributed by atoms with E-state index in [9.17, 15) is 4.79 Å². The van der Waals surface area contributed by atoms with E-state index < -0.39 is 0 Å². The predicted octanol–water partition coefficient (Wildman–Crippen LogP) is 0.924. The van der Waals surface area contributed by atoms with Crippen molar-refractivity contribution in [2.75, 3.05) is 24.2 Å². The third-order valence-electron chi connectivity index (χ3n) is 4.06. The number of rotatable bonds is 1. The van der Waals surface area contributed by atoms with Crippen LogP contribution in [0.2, 0.25) is 0 Å². The summed E-state index contributed by atoms with van der Waals surface area (Å²) in [5.74, 6) is 2.85. The van der Waals surface area contributed by atoms with Crippen LogP contribution in [0, 0.1) is 0 Å². The molecule has 4 bridgehead atoms. The molecule has 0 aromatic carbocycles. The second kappa shape index (κ2) is 5.52. The SMILES string of the molecule is CNc1cc2nc3c(cnn13)C(=O)NCCCc1nc(cn1C)N2. The number of fused-ring (bicyclic) bond motifs is 3. The summed E-state index contributed by atoms with van der Waals surface area (Å²) in [6, 6.07) is 1.83. The Hall–Kier alpha value is -3.10. The molecule has 3 N–H and O–H groups in total. The molecule has 4 rings (SSSR count). The maximum absolute atomic E-state index is 12.4. The van der Waals surface area contributed by atoms with E-state index in [1.54, 1.807) is 17.8 Å². The minimum Gasteiger partial charge on any atom is -0.373 e. The topological polar surface area (TPSA) is 101 Å². The molecule has 4 heterocycles. The van der Waals surface area contributed by atoms with Crippen LogP contribution in [0.3, 0.4) is 0 Å². The van der Waals surface area contributed by atoms with Crippen LogP contribution in [0.1, 0.15) is 22.6 Å². The molecule has 0 saturated carbocycles. The van der Waals surface area contributed by atoms with Crippen molar-refractivity contribution < 1.29 is 4.79 Å². The molecule has 0 radical (unpaired) electrons. The van der Waals surface area contributed by atoms with Gasteiger partial charge in [-0.1, -0.05) is 0 Å². The maximum Gasteiger partial charge on any atom is 0.256 e. The zero-order valence-electron chi connectivity index (χ0n) is 13.5. The number of hydrogen-bond donors (Lipinski definition) is 3. The molecule has 0 saturated heterocycles. The van der Waals surface area contributed by atoms with Crippen molar-refractivity contribution in [3.8, 4) is 0 Å². The fourth-order valence-electron chi connectivity index (χ4n) is 2.84. The van der Waals surface area contributed by atoms with Gasteiger partial charge in [0, 0.05) is 39.3 Å². The molecule has 9 nitrogen and oxygen atoms in total. The first kappa shape index (κ1) is 14.5. The molecule has 1 aliphatic rings. The molecule has 0 unspecified atom stereocenters. The van der Waals surface area contributed by atoms with Crippen LogP contribution < -0.4 is 16.0 Å². The lowest BCUT2D eigenvalue weighted by Crippen LogP contribution is -2.25. The van der Waals surface area contributed by atoms with Crippen molar-refractivity contribution in [2.45, 2.75) is 12.8 Å². The van der Waals surface area contributed by atoms with Crippen molar-refractivity contribution in [2.24, 2.45) is 7.05 Å². The van der Waals surface area contributed by atoms with E-state index in [-0.39, 0.29) is 5.91 Å². The van der Waals surface area contributed by atoms with Crippen LogP contribution in [0.4, 0.5) is 17.5 Å². The Labute approximate surface area is 138 Å². The second-order valence-corrected chi connectivity index (χ2v) is 5.71. The Morgan fingerprint density at radius 3 is 3.00 bits per heavy atom. The number of aryl methyl sites for hydroxylation is 2. The van der Waals surface area contributed by atoms with Crippen LogP contribution >= 0.6 is 0 Å². The van der Waals surface area contributed by atoms with Crippen molar-refractivity contribution in [3.05, 3.63) is 29.8 Å². The first-order valence-electron chi connectivity index (χ1n) is 7.79. The highest BCUT2D eigenvalue weighted by atomic mass is 16.1. The molecule has 9 heteroatoms. The highest BCUT2D eigenvalue weighted by molar-refractivity contribution is 6.00. The lowest BCUT2D eigenvalue weighted by molar-refractivity contribution is 0.0954. The molecule has 0 aliphatic carbocycles. The van der Waals surface area contributed by atoms with E-state index >= 15 is 0 Å². The fraction of sp³-hybridized carbons (Fsp3) is 0.333. The molecule has 3 aromatic rings. The summed E-state index contributed by atoms with van der Waals surface area (Å²) in [6.45, 7) is 0.574. The number of carbonyl (C=O) groups excluding carboxylic acids is 1. The van der Waals surface area contributed by atoms with E-state index in [0.717, 1.165) is 30.3 Å². The van der Waals surface area contributed by atoms with Gasteiger partial charge in [-0.25, -0.2) is 9.97 Å². The van der Waals surface area contributed by atoms with Crippen molar-refractivity contribution in [1.82, 2.24) is 29.5 Å². The van der Waals surface area contributed by atoms with Crippen molar-refractivity contribution >= 4 is 29.0 Å².